The van der Waals surface area contributed by atoms with Crippen molar-refractivity contribution < 1.29 is 9.53 Å². The Labute approximate surface area is 113 Å². The van der Waals surface area contributed by atoms with E-state index in [1.165, 1.54) is 7.11 Å². The van der Waals surface area contributed by atoms with Gasteiger partial charge in [-0.25, -0.2) is 9.97 Å². The molecule has 6 nitrogen and oxygen atoms in total. The average molecular weight is 279 g/mol. The predicted molar refractivity (Wildman–Crippen MR) is 72.2 cm³/mol. The van der Waals surface area contributed by atoms with Crippen LogP contribution in [0.1, 0.15) is 6.92 Å². The maximum Gasteiger partial charge on any atom is 0.316 e. The summed E-state index contributed by atoms with van der Waals surface area (Å²) in [7, 11) is 1.31. The van der Waals surface area contributed by atoms with Gasteiger partial charge in [0.1, 0.15) is 5.52 Å². The van der Waals surface area contributed by atoms with Gasteiger partial charge in [0, 0.05) is 12.7 Å². The number of carbonyl (C=O) groups excluding carboxylic acids is 1. The van der Waals surface area contributed by atoms with Crippen LogP contribution >= 0.6 is 11.8 Å². The molecule has 0 radical (unpaired) electrons. The van der Waals surface area contributed by atoms with Crippen molar-refractivity contribution in [1.82, 2.24) is 14.5 Å². The standard InChI is InChI=1S/C12H13N3O3S/c1-3-15-10-8(5-4-6-13-10)14-11(12(15)17)19-7-9(16)18-2/h4-6H,3,7H2,1-2H3. The minimum absolute atomic E-state index is 0.0637. The number of methoxy groups -OCH3 is 1. The molecule has 0 atom stereocenters. The second-order valence-electron chi connectivity index (χ2n) is 3.68. The summed E-state index contributed by atoms with van der Waals surface area (Å²) in [5, 5.41) is 0.285. The average Bonchev–Trinajstić information content (AvgIpc) is 2.44. The molecule has 0 aliphatic rings. The molecule has 0 unspecified atom stereocenters. The summed E-state index contributed by atoms with van der Waals surface area (Å²) >= 11 is 1.08. The van der Waals surface area contributed by atoms with Crippen molar-refractivity contribution >= 4 is 28.9 Å². The Kier molecular flexibility index (Phi) is 4.16. The first kappa shape index (κ1) is 13.5. The lowest BCUT2D eigenvalue weighted by Crippen LogP contribution is -2.24. The van der Waals surface area contributed by atoms with Gasteiger partial charge < -0.3 is 4.74 Å². The first-order valence-corrected chi connectivity index (χ1v) is 6.71. The molecule has 0 bridgehead atoms. The van der Waals surface area contributed by atoms with Gasteiger partial charge in [0.25, 0.3) is 5.56 Å². The fourth-order valence-electron chi connectivity index (χ4n) is 1.63. The smallest absolute Gasteiger partial charge is 0.316 e. The van der Waals surface area contributed by atoms with Crippen LogP contribution in [0.4, 0.5) is 0 Å². The van der Waals surface area contributed by atoms with E-state index in [1.54, 1.807) is 22.9 Å². The van der Waals surface area contributed by atoms with Gasteiger partial charge in [-0.1, -0.05) is 11.8 Å². The fourth-order valence-corrected chi connectivity index (χ4v) is 2.40. The second kappa shape index (κ2) is 5.83. The molecular formula is C12H13N3O3S. The molecular weight excluding hydrogens is 266 g/mol. The van der Waals surface area contributed by atoms with Gasteiger partial charge in [0.15, 0.2) is 10.7 Å². The number of hydrogen-bond acceptors (Lipinski definition) is 6. The number of hydrogen-bond donors (Lipinski definition) is 0. The van der Waals surface area contributed by atoms with Crippen LogP contribution in [-0.2, 0) is 16.1 Å². The molecule has 0 spiro atoms. The van der Waals surface area contributed by atoms with Crippen LogP contribution < -0.4 is 5.56 Å². The van der Waals surface area contributed by atoms with Gasteiger partial charge in [-0.15, -0.1) is 0 Å². The van der Waals surface area contributed by atoms with Gasteiger partial charge in [0.2, 0.25) is 0 Å². The summed E-state index contributed by atoms with van der Waals surface area (Å²) in [6.07, 6.45) is 1.62. The molecule has 0 aliphatic heterocycles. The zero-order valence-electron chi connectivity index (χ0n) is 10.6. The van der Waals surface area contributed by atoms with Crippen LogP contribution in [0.5, 0.6) is 0 Å². The van der Waals surface area contributed by atoms with Crippen molar-refractivity contribution in [2.75, 3.05) is 12.9 Å². The van der Waals surface area contributed by atoms with Crippen LogP contribution in [0, 0.1) is 0 Å². The number of aromatic nitrogens is 3. The van der Waals surface area contributed by atoms with Crippen LogP contribution in [-0.4, -0.2) is 33.4 Å². The minimum atomic E-state index is -0.388. The highest BCUT2D eigenvalue weighted by Gasteiger charge is 2.12. The number of pyridine rings is 1. The molecule has 0 aromatic carbocycles. The zero-order valence-corrected chi connectivity index (χ0v) is 11.4. The highest BCUT2D eigenvalue weighted by Crippen LogP contribution is 2.15. The Balaban J connectivity index is 2.47. The number of rotatable bonds is 4. The zero-order chi connectivity index (χ0) is 13.8. The van der Waals surface area contributed by atoms with Gasteiger partial charge in [-0.3, -0.25) is 14.2 Å². The molecule has 0 fully saturated rings. The third kappa shape index (κ3) is 2.76. The van der Waals surface area contributed by atoms with E-state index in [-0.39, 0.29) is 22.3 Å². The van der Waals surface area contributed by atoms with Gasteiger partial charge in [-0.2, -0.15) is 0 Å². The van der Waals surface area contributed by atoms with Crippen molar-refractivity contribution in [1.29, 1.82) is 0 Å². The van der Waals surface area contributed by atoms with Crippen LogP contribution in [0.25, 0.3) is 11.2 Å². The molecule has 0 saturated heterocycles. The third-order valence-corrected chi connectivity index (χ3v) is 3.46. The minimum Gasteiger partial charge on any atom is -0.468 e. The molecule has 0 amide bonds. The molecule has 100 valence electrons. The van der Waals surface area contributed by atoms with E-state index in [1.807, 2.05) is 6.92 Å². The number of carbonyl (C=O) groups is 1. The molecule has 0 aliphatic carbocycles. The summed E-state index contributed by atoms with van der Waals surface area (Å²) in [4.78, 5) is 31.7. The highest BCUT2D eigenvalue weighted by atomic mass is 32.2. The summed E-state index contributed by atoms with van der Waals surface area (Å²) < 4.78 is 6.09. The Hall–Kier alpha value is -1.89. The molecule has 2 aromatic heterocycles. The van der Waals surface area contributed by atoms with E-state index >= 15 is 0 Å². The van der Waals surface area contributed by atoms with Crippen molar-refractivity contribution in [3.05, 3.63) is 28.7 Å². The van der Waals surface area contributed by atoms with Gasteiger partial charge >= 0.3 is 5.97 Å². The lowest BCUT2D eigenvalue weighted by molar-refractivity contribution is -0.137. The molecule has 2 rings (SSSR count). The van der Waals surface area contributed by atoms with Gasteiger partial charge in [0.05, 0.1) is 12.9 Å². The molecule has 7 heteroatoms. The van der Waals surface area contributed by atoms with Gasteiger partial charge in [-0.05, 0) is 19.1 Å². The SMILES string of the molecule is CCn1c(=O)c(SCC(=O)OC)nc2cccnc21. The van der Waals surface area contributed by atoms with E-state index in [0.717, 1.165) is 11.8 Å². The Bertz CT molecular complexity index is 669. The van der Waals surface area contributed by atoms with Crippen molar-refractivity contribution in [2.24, 2.45) is 0 Å². The Morgan fingerprint density at radius 2 is 2.32 bits per heavy atom. The Morgan fingerprint density at radius 1 is 1.53 bits per heavy atom. The highest BCUT2D eigenvalue weighted by molar-refractivity contribution is 7.99. The summed E-state index contributed by atoms with van der Waals surface area (Å²) in [6, 6.07) is 3.55. The van der Waals surface area contributed by atoms with E-state index in [9.17, 15) is 9.59 Å². The normalized spacial score (nSPS) is 10.6. The van der Waals surface area contributed by atoms with Crippen LogP contribution in [0.15, 0.2) is 28.2 Å². The fraction of sp³-hybridized carbons (Fsp3) is 0.333. The van der Waals surface area contributed by atoms with E-state index in [4.69, 9.17) is 0 Å². The largest absolute Gasteiger partial charge is 0.468 e. The number of aryl methyl sites for hydroxylation is 1. The number of thioether (sulfide) groups is 1. The maximum absolute atomic E-state index is 12.2. The van der Waals surface area contributed by atoms with Crippen molar-refractivity contribution in [3.63, 3.8) is 0 Å². The summed E-state index contributed by atoms with van der Waals surface area (Å²) in [6.45, 7) is 2.37. The quantitative estimate of drug-likeness (QED) is 0.616. The molecule has 19 heavy (non-hydrogen) atoms. The first-order chi connectivity index (χ1) is 9.17. The summed E-state index contributed by atoms with van der Waals surface area (Å²) in [5.41, 5.74) is 0.955. The molecule has 2 heterocycles. The monoisotopic (exact) mass is 279 g/mol. The topological polar surface area (TPSA) is 74.1 Å². The third-order valence-electron chi connectivity index (χ3n) is 2.54. The van der Waals surface area contributed by atoms with Crippen LogP contribution in [0.2, 0.25) is 0 Å². The maximum atomic E-state index is 12.2. The number of nitrogens with zero attached hydrogens (tertiary/aromatic N) is 3. The number of esters is 1. The number of ether oxygens (including phenoxy) is 1. The first-order valence-electron chi connectivity index (χ1n) is 5.72. The second-order valence-corrected chi connectivity index (χ2v) is 4.64. The number of fused-ring (bicyclic) bond motifs is 1. The Morgan fingerprint density at radius 3 is 3.00 bits per heavy atom. The predicted octanol–water partition coefficient (Wildman–Crippen LogP) is 1.08. The van der Waals surface area contributed by atoms with Crippen molar-refractivity contribution in [3.8, 4) is 0 Å². The molecule has 2 aromatic rings. The molecule has 0 N–H and O–H groups in total. The van der Waals surface area contributed by atoms with E-state index < -0.39 is 0 Å². The van der Waals surface area contributed by atoms with E-state index in [2.05, 4.69) is 14.7 Å². The lowest BCUT2D eigenvalue weighted by Gasteiger charge is -2.08. The van der Waals surface area contributed by atoms with E-state index in [0.29, 0.717) is 17.7 Å². The molecule has 0 saturated carbocycles. The summed E-state index contributed by atoms with van der Waals surface area (Å²) in [5.74, 6) is -0.325. The van der Waals surface area contributed by atoms with Crippen molar-refractivity contribution in [2.45, 2.75) is 18.5 Å². The lowest BCUT2D eigenvalue weighted by atomic mass is 10.4. The van der Waals surface area contributed by atoms with Crippen LogP contribution in [0.3, 0.4) is 0 Å².